The average molecular weight is 379 g/mol. The maximum atomic E-state index is 13.8. The van der Waals surface area contributed by atoms with E-state index >= 15 is 0 Å². The molecule has 1 heterocycles. The molecule has 0 atom stereocenters. The van der Waals surface area contributed by atoms with Crippen molar-refractivity contribution in [3.05, 3.63) is 69.6 Å². The van der Waals surface area contributed by atoms with E-state index in [1.807, 2.05) is 0 Å². The molecule has 3 rings (SSSR count). The van der Waals surface area contributed by atoms with E-state index in [9.17, 15) is 13.6 Å². The van der Waals surface area contributed by atoms with Crippen molar-refractivity contribution in [3.8, 4) is 0 Å². The van der Waals surface area contributed by atoms with Gasteiger partial charge in [0.05, 0.1) is 4.91 Å². The van der Waals surface area contributed by atoms with Crippen molar-refractivity contribution in [2.75, 3.05) is 6.54 Å². The van der Waals surface area contributed by atoms with Crippen molar-refractivity contribution in [1.82, 2.24) is 4.90 Å². The molecule has 2 aromatic rings. The highest BCUT2D eigenvalue weighted by molar-refractivity contribution is 8.18. The van der Waals surface area contributed by atoms with Gasteiger partial charge in [-0.3, -0.25) is 9.69 Å². The van der Waals surface area contributed by atoms with Crippen molar-refractivity contribution < 1.29 is 13.6 Å². The van der Waals surface area contributed by atoms with Gasteiger partial charge < -0.3 is 0 Å². The van der Waals surface area contributed by atoms with Gasteiger partial charge in [0.25, 0.3) is 5.91 Å². The van der Waals surface area contributed by atoms with E-state index in [1.54, 1.807) is 37.3 Å². The third-order valence-electron chi connectivity index (χ3n) is 3.50. The summed E-state index contributed by atoms with van der Waals surface area (Å²) < 4.78 is 26.8. The molecule has 0 aliphatic carbocycles. The van der Waals surface area contributed by atoms with Crippen LogP contribution in [0.5, 0.6) is 0 Å². The summed E-state index contributed by atoms with van der Waals surface area (Å²) in [5, 5.41) is 0.968. The molecule has 3 nitrogen and oxygen atoms in total. The third-order valence-corrected chi connectivity index (χ3v) is 4.76. The summed E-state index contributed by atoms with van der Waals surface area (Å²) in [5.41, 5.74) is 0.813. The lowest BCUT2D eigenvalue weighted by atomic mass is 10.2. The Bertz CT molecular complexity index is 881. The Morgan fingerprint density at radius 3 is 2.56 bits per heavy atom. The smallest absolute Gasteiger partial charge is 0.266 e. The Labute approximate surface area is 153 Å². The lowest BCUT2D eigenvalue weighted by Gasteiger charge is -2.12. The third kappa shape index (κ3) is 3.91. The summed E-state index contributed by atoms with van der Waals surface area (Å²) in [6, 6.07) is 10.2. The van der Waals surface area contributed by atoms with Crippen LogP contribution in [-0.4, -0.2) is 22.5 Å². The number of amides is 1. The molecule has 0 unspecified atom stereocenters. The number of benzene rings is 2. The second-order valence-corrected chi connectivity index (χ2v) is 6.65. The van der Waals surface area contributed by atoms with Crippen LogP contribution in [0.4, 0.5) is 14.5 Å². The first-order chi connectivity index (χ1) is 12.0. The Balaban J connectivity index is 1.94. The zero-order chi connectivity index (χ0) is 18.0. The molecule has 1 aliphatic heterocycles. The first kappa shape index (κ1) is 17.6. The summed E-state index contributed by atoms with van der Waals surface area (Å²) in [5.74, 6) is -1.65. The fourth-order valence-corrected chi connectivity index (χ4v) is 3.44. The highest BCUT2D eigenvalue weighted by atomic mass is 35.5. The monoisotopic (exact) mass is 378 g/mol. The predicted molar refractivity (Wildman–Crippen MR) is 97.9 cm³/mol. The fourth-order valence-electron chi connectivity index (χ4n) is 2.26. The van der Waals surface area contributed by atoms with Gasteiger partial charge in [-0.15, -0.1) is 0 Å². The lowest BCUT2D eigenvalue weighted by molar-refractivity contribution is -0.122. The molecule has 0 spiro atoms. The van der Waals surface area contributed by atoms with Gasteiger partial charge in [-0.2, -0.15) is 0 Å². The average Bonchev–Trinajstić information content (AvgIpc) is 2.87. The van der Waals surface area contributed by atoms with Crippen molar-refractivity contribution in [3.63, 3.8) is 0 Å². The van der Waals surface area contributed by atoms with E-state index in [2.05, 4.69) is 4.99 Å². The molecule has 2 aromatic carbocycles. The number of aliphatic imine (C=N–C) groups is 1. The van der Waals surface area contributed by atoms with Crippen molar-refractivity contribution in [2.45, 2.75) is 6.92 Å². The lowest BCUT2D eigenvalue weighted by Crippen LogP contribution is -2.28. The van der Waals surface area contributed by atoms with Crippen molar-refractivity contribution >= 4 is 46.2 Å². The topological polar surface area (TPSA) is 32.7 Å². The molecule has 128 valence electrons. The Kier molecular flexibility index (Phi) is 5.20. The molecule has 0 radical (unpaired) electrons. The molecule has 1 saturated heterocycles. The van der Waals surface area contributed by atoms with Crippen LogP contribution in [-0.2, 0) is 4.79 Å². The van der Waals surface area contributed by atoms with Gasteiger partial charge >= 0.3 is 0 Å². The number of carbonyl (C=O) groups is 1. The number of hydrogen-bond donors (Lipinski definition) is 0. The van der Waals surface area contributed by atoms with Gasteiger partial charge in [-0.1, -0.05) is 23.7 Å². The number of thioether (sulfide) groups is 1. The summed E-state index contributed by atoms with van der Waals surface area (Å²) in [7, 11) is 0. The minimum Gasteiger partial charge on any atom is -0.287 e. The second-order valence-electron chi connectivity index (χ2n) is 5.20. The molecule has 0 N–H and O–H groups in total. The number of halogens is 3. The zero-order valence-corrected chi connectivity index (χ0v) is 14.7. The minimum absolute atomic E-state index is 0.0112. The second kappa shape index (κ2) is 7.37. The van der Waals surface area contributed by atoms with Crippen LogP contribution < -0.4 is 0 Å². The molecule has 1 aliphatic rings. The number of hydrogen-bond acceptors (Lipinski definition) is 3. The van der Waals surface area contributed by atoms with Crippen molar-refractivity contribution in [2.24, 2.45) is 4.99 Å². The number of nitrogens with zero attached hydrogens (tertiary/aromatic N) is 2. The predicted octanol–water partition coefficient (Wildman–Crippen LogP) is 5.24. The van der Waals surface area contributed by atoms with E-state index in [1.165, 1.54) is 11.0 Å². The quantitative estimate of drug-likeness (QED) is 0.684. The Hall–Kier alpha value is -2.18. The molecule has 1 fully saturated rings. The highest BCUT2D eigenvalue weighted by Crippen LogP contribution is 2.34. The van der Waals surface area contributed by atoms with Crippen LogP contribution in [0.1, 0.15) is 12.5 Å². The molecule has 0 bridgehead atoms. The van der Waals surface area contributed by atoms with Gasteiger partial charge in [-0.25, -0.2) is 13.8 Å². The van der Waals surface area contributed by atoms with Crippen LogP contribution >= 0.6 is 23.4 Å². The largest absolute Gasteiger partial charge is 0.287 e. The van der Waals surface area contributed by atoms with E-state index in [0.717, 1.165) is 29.5 Å². The molecule has 25 heavy (non-hydrogen) atoms. The Morgan fingerprint density at radius 1 is 1.20 bits per heavy atom. The zero-order valence-electron chi connectivity index (χ0n) is 13.2. The van der Waals surface area contributed by atoms with Gasteiger partial charge in [0.1, 0.15) is 11.5 Å². The van der Waals surface area contributed by atoms with Gasteiger partial charge in [-0.05, 0) is 54.6 Å². The van der Waals surface area contributed by atoms with Crippen LogP contribution in [0.3, 0.4) is 0 Å². The highest BCUT2D eigenvalue weighted by Gasteiger charge is 2.32. The summed E-state index contributed by atoms with van der Waals surface area (Å²) >= 11 is 7.01. The SMILES string of the molecule is CCN1C(=O)/C(=C\c2ccc(Cl)cc2)SC1=Nc1ccc(F)cc1F. The van der Waals surface area contributed by atoms with Gasteiger partial charge in [0.2, 0.25) is 0 Å². The molecular formula is C18H13ClF2N2OS. The maximum absolute atomic E-state index is 13.8. The number of likely N-dealkylation sites (N-methyl/N-ethyl adjacent to an activating group) is 1. The first-order valence-corrected chi connectivity index (χ1v) is 8.68. The number of amidine groups is 1. The van der Waals surface area contributed by atoms with Crippen LogP contribution in [0, 0.1) is 11.6 Å². The summed E-state index contributed by atoms with van der Waals surface area (Å²) in [6.45, 7) is 2.20. The minimum atomic E-state index is -0.772. The number of carbonyl (C=O) groups excluding carboxylic acids is 1. The first-order valence-electron chi connectivity index (χ1n) is 7.48. The normalized spacial score (nSPS) is 17.8. The van der Waals surface area contributed by atoms with Crippen molar-refractivity contribution in [1.29, 1.82) is 0 Å². The molecule has 1 amide bonds. The van der Waals surface area contributed by atoms with Crippen LogP contribution in [0.25, 0.3) is 6.08 Å². The van der Waals surface area contributed by atoms with E-state index in [4.69, 9.17) is 11.6 Å². The van der Waals surface area contributed by atoms with E-state index < -0.39 is 11.6 Å². The van der Waals surface area contributed by atoms with Crippen LogP contribution in [0.2, 0.25) is 5.02 Å². The van der Waals surface area contributed by atoms with E-state index in [-0.39, 0.29) is 11.6 Å². The van der Waals surface area contributed by atoms with Gasteiger partial charge in [0.15, 0.2) is 11.0 Å². The molecule has 7 heteroatoms. The maximum Gasteiger partial charge on any atom is 0.266 e. The van der Waals surface area contributed by atoms with Crippen LogP contribution in [0.15, 0.2) is 52.4 Å². The van der Waals surface area contributed by atoms with Gasteiger partial charge in [0, 0.05) is 17.6 Å². The Morgan fingerprint density at radius 2 is 1.92 bits per heavy atom. The summed E-state index contributed by atoms with van der Waals surface area (Å²) in [6.07, 6.45) is 1.73. The number of rotatable bonds is 3. The molecule has 0 saturated carbocycles. The van der Waals surface area contributed by atoms with E-state index in [0.29, 0.717) is 21.6 Å². The molecular weight excluding hydrogens is 366 g/mol. The standard InChI is InChI=1S/C18H13ClF2N2OS/c1-2-23-17(24)16(9-11-3-5-12(19)6-4-11)25-18(23)22-15-8-7-13(20)10-14(15)21/h3-10H,2H2,1H3/b16-9+,22-18?. The summed E-state index contributed by atoms with van der Waals surface area (Å²) in [4.78, 5) is 18.6. The fraction of sp³-hybridized carbons (Fsp3) is 0.111. The molecule has 0 aromatic heterocycles.